The van der Waals surface area contributed by atoms with Crippen LogP contribution in [0.3, 0.4) is 0 Å². The SMILES string of the molecule is CCOP(=O)(c1cccc(F)c1)c1cccc(F)c1. The van der Waals surface area contributed by atoms with Crippen molar-refractivity contribution in [2.75, 3.05) is 6.61 Å². The fourth-order valence-corrected chi connectivity index (χ4v) is 3.91. The Morgan fingerprint density at radius 3 is 1.84 bits per heavy atom. The Morgan fingerprint density at radius 1 is 1.00 bits per heavy atom. The first kappa shape index (κ1) is 13.9. The Balaban J connectivity index is 2.58. The summed E-state index contributed by atoms with van der Waals surface area (Å²) in [7, 11) is -3.46. The predicted octanol–water partition coefficient (Wildman–Crippen LogP) is 3.23. The van der Waals surface area contributed by atoms with Gasteiger partial charge in [0.15, 0.2) is 0 Å². The molecule has 0 atom stereocenters. The first-order valence-electron chi connectivity index (χ1n) is 5.83. The normalized spacial score (nSPS) is 11.5. The highest BCUT2D eigenvalue weighted by Crippen LogP contribution is 2.44. The molecule has 2 aromatic carbocycles. The zero-order valence-corrected chi connectivity index (χ0v) is 11.2. The third-order valence-electron chi connectivity index (χ3n) is 2.61. The van der Waals surface area contributed by atoms with Crippen LogP contribution >= 0.6 is 7.37 Å². The van der Waals surface area contributed by atoms with Gasteiger partial charge >= 0.3 is 0 Å². The van der Waals surface area contributed by atoms with Gasteiger partial charge in [-0.15, -0.1) is 0 Å². The summed E-state index contributed by atoms with van der Waals surface area (Å²) >= 11 is 0. The van der Waals surface area contributed by atoms with Gasteiger partial charge in [-0.2, -0.15) is 0 Å². The van der Waals surface area contributed by atoms with Crippen molar-refractivity contribution in [3.63, 3.8) is 0 Å². The molecular formula is C14H13F2O2P. The molecule has 100 valence electrons. The van der Waals surface area contributed by atoms with E-state index in [1.165, 1.54) is 36.4 Å². The molecule has 0 unspecified atom stereocenters. The fraction of sp³-hybridized carbons (Fsp3) is 0.143. The van der Waals surface area contributed by atoms with Crippen LogP contribution in [0.1, 0.15) is 6.92 Å². The lowest BCUT2D eigenvalue weighted by atomic mass is 10.3. The molecule has 0 aliphatic rings. The van der Waals surface area contributed by atoms with Crippen LogP contribution in [0.15, 0.2) is 48.5 Å². The zero-order valence-electron chi connectivity index (χ0n) is 10.3. The fourth-order valence-electron chi connectivity index (χ4n) is 1.80. The lowest BCUT2D eigenvalue weighted by Gasteiger charge is -2.18. The third kappa shape index (κ3) is 2.91. The van der Waals surface area contributed by atoms with Gasteiger partial charge in [-0.3, -0.25) is 4.57 Å². The minimum absolute atomic E-state index is 0.185. The van der Waals surface area contributed by atoms with E-state index >= 15 is 0 Å². The van der Waals surface area contributed by atoms with E-state index in [9.17, 15) is 13.3 Å². The first-order valence-corrected chi connectivity index (χ1v) is 7.45. The number of benzene rings is 2. The van der Waals surface area contributed by atoms with Crippen LogP contribution in [0.25, 0.3) is 0 Å². The van der Waals surface area contributed by atoms with E-state index < -0.39 is 19.0 Å². The summed E-state index contributed by atoms with van der Waals surface area (Å²) in [6, 6.07) is 10.8. The Morgan fingerprint density at radius 2 is 1.47 bits per heavy atom. The maximum absolute atomic E-state index is 13.3. The van der Waals surface area contributed by atoms with Gasteiger partial charge in [-0.1, -0.05) is 12.1 Å². The van der Waals surface area contributed by atoms with Crippen LogP contribution < -0.4 is 10.6 Å². The summed E-state index contributed by atoms with van der Waals surface area (Å²) in [5, 5.41) is 0.444. The van der Waals surface area contributed by atoms with Crippen molar-refractivity contribution in [3.8, 4) is 0 Å². The van der Waals surface area contributed by atoms with Crippen LogP contribution in [0.2, 0.25) is 0 Å². The van der Waals surface area contributed by atoms with E-state index in [1.54, 1.807) is 6.92 Å². The molecule has 19 heavy (non-hydrogen) atoms. The largest absolute Gasteiger partial charge is 0.322 e. The van der Waals surface area contributed by atoms with E-state index in [1.807, 2.05) is 0 Å². The molecule has 0 amide bonds. The smallest absolute Gasteiger partial charge is 0.261 e. The number of hydrogen-bond donors (Lipinski definition) is 0. The second-order valence-electron chi connectivity index (χ2n) is 3.93. The number of hydrogen-bond acceptors (Lipinski definition) is 2. The minimum atomic E-state index is -3.46. The van der Waals surface area contributed by atoms with Crippen molar-refractivity contribution in [2.45, 2.75) is 6.92 Å². The maximum atomic E-state index is 13.3. The van der Waals surface area contributed by atoms with Crippen LogP contribution in [-0.4, -0.2) is 6.61 Å². The molecule has 2 nitrogen and oxygen atoms in total. The Labute approximate surface area is 110 Å². The van der Waals surface area contributed by atoms with Crippen molar-refractivity contribution in [3.05, 3.63) is 60.2 Å². The molecule has 0 radical (unpaired) electrons. The quantitative estimate of drug-likeness (QED) is 0.805. The van der Waals surface area contributed by atoms with Gasteiger partial charge < -0.3 is 4.52 Å². The summed E-state index contributed by atoms with van der Waals surface area (Å²) < 4.78 is 44.9. The van der Waals surface area contributed by atoms with Crippen LogP contribution in [0, 0.1) is 11.6 Å². The minimum Gasteiger partial charge on any atom is -0.322 e. The highest BCUT2D eigenvalue weighted by Gasteiger charge is 2.28. The van der Waals surface area contributed by atoms with Crippen LogP contribution in [-0.2, 0) is 9.09 Å². The second kappa shape index (κ2) is 5.64. The average molecular weight is 282 g/mol. The molecule has 0 aliphatic heterocycles. The molecule has 0 fully saturated rings. The average Bonchev–Trinajstić information content (AvgIpc) is 2.39. The van der Waals surface area contributed by atoms with Crippen molar-refractivity contribution >= 4 is 18.0 Å². The molecule has 0 spiro atoms. The van der Waals surface area contributed by atoms with Crippen LogP contribution in [0.5, 0.6) is 0 Å². The predicted molar refractivity (Wildman–Crippen MR) is 71.3 cm³/mol. The Hall–Kier alpha value is -1.51. The van der Waals surface area contributed by atoms with E-state index in [-0.39, 0.29) is 17.2 Å². The second-order valence-corrected chi connectivity index (χ2v) is 6.32. The number of halogens is 2. The summed E-state index contributed by atoms with van der Waals surface area (Å²) in [6.45, 7) is 1.87. The monoisotopic (exact) mass is 282 g/mol. The van der Waals surface area contributed by atoms with Gasteiger partial charge in [-0.05, 0) is 43.3 Å². The topological polar surface area (TPSA) is 26.3 Å². The van der Waals surface area contributed by atoms with E-state index in [0.717, 1.165) is 12.1 Å². The molecule has 2 aromatic rings. The molecule has 0 saturated heterocycles. The van der Waals surface area contributed by atoms with Crippen molar-refractivity contribution < 1.29 is 17.9 Å². The zero-order chi connectivity index (χ0) is 13.9. The van der Waals surface area contributed by atoms with Gasteiger partial charge in [-0.25, -0.2) is 8.78 Å². The molecule has 0 bridgehead atoms. The van der Waals surface area contributed by atoms with Gasteiger partial charge in [0.2, 0.25) is 0 Å². The summed E-state index contributed by atoms with van der Waals surface area (Å²) in [6.07, 6.45) is 0. The molecule has 0 aliphatic carbocycles. The molecule has 0 N–H and O–H groups in total. The van der Waals surface area contributed by atoms with Gasteiger partial charge in [0, 0.05) is 10.6 Å². The Kier molecular flexibility index (Phi) is 4.13. The van der Waals surface area contributed by atoms with E-state index in [0.29, 0.717) is 0 Å². The Bertz CT molecular complexity index is 579. The van der Waals surface area contributed by atoms with Crippen molar-refractivity contribution in [1.82, 2.24) is 0 Å². The van der Waals surface area contributed by atoms with Crippen molar-refractivity contribution in [1.29, 1.82) is 0 Å². The first-order chi connectivity index (χ1) is 9.06. The van der Waals surface area contributed by atoms with Gasteiger partial charge in [0.25, 0.3) is 7.37 Å². The lowest BCUT2D eigenvalue weighted by Crippen LogP contribution is -2.19. The van der Waals surface area contributed by atoms with Gasteiger partial charge in [0.05, 0.1) is 6.61 Å². The van der Waals surface area contributed by atoms with Gasteiger partial charge in [0.1, 0.15) is 11.6 Å². The lowest BCUT2D eigenvalue weighted by molar-refractivity contribution is 0.348. The molecule has 0 heterocycles. The van der Waals surface area contributed by atoms with E-state index in [4.69, 9.17) is 4.52 Å². The van der Waals surface area contributed by atoms with Crippen molar-refractivity contribution in [2.24, 2.45) is 0 Å². The highest BCUT2D eigenvalue weighted by atomic mass is 31.2. The van der Waals surface area contributed by atoms with Crippen LogP contribution in [0.4, 0.5) is 8.78 Å². The molecular weight excluding hydrogens is 269 g/mol. The number of rotatable bonds is 4. The summed E-state index contributed by atoms with van der Waals surface area (Å²) in [5.74, 6) is -1.01. The standard InChI is InChI=1S/C14H13F2O2P/c1-2-18-19(17,13-7-3-5-11(15)9-13)14-8-4-6-12(16)10-14/h3-10H,2H2,1H3. The molecule has 0 saturated carbocycles. The maximum Gasteiger partial charge on any atom is 0.261 e. The summed E-state index contributed by atoms with van der Waals surface area (Å²) in [5.41, 5.74) is 0. The molecule has 0 aromatic heterocycles. The van der Waals surface area contributed by atoms with E-state index in [2.05, 4.69) is 0 Å². The molecule has 5 heteroatoms. The summed E-state index contributed by atoms with van der Waals surface area (Å²) in [4.78, 5) is 0. The molecule has 2 rings (SSSR count). The third-order valence-corrected chi connectivity index (χ3v) is 5.14. The highest BCUT2D eigenvalue weighted by molar-refractivity contribution is 7.74.